The maximum atomic E-state index is 12.9. The molecule has 6 heteroatoms. The summed E-state index contributed by atoms with van der Waals surface area (Å²) in [6, 6.07) is 6.46. The molecule has 0 saturated carbocycles. The van der Waals surface area contributed by atoms with Gasteiger partial charge < -0.3 is 24.6 Å². The summed E-state index contributed by atoms with van der Waals surface area (Å²) in [7, 11) is 2.14. The van der Waals surface area contributed by atoms with Gasteiger partial charge >= 0.3 is 5.97 Å². The van der Waals surface area contributed by atoms with E-state index in [2.05, 4.69) is 28.2 Å². The Morgan fingerprint density at radius 1 is 1.15 bits per heavy atom. The van der Waals surface area contributed by atoms with E-state index < -0.39 is 5.60 Å². The highest BCUT2D eigenvalue weighted by Gasteiger charge is 2.24. The smallest absolute Gasteiger partial charge is 0.340 e. The van der Waals surface area contributed by atoms with Gasteiger partial charge in [-0.3, -0.25) is 0 Å². The fraction of sp³-hybridized carbons (Fsp3) is 0.667. The second-order valence-electron chi connectivity index (χ2n) is 8.55. The van der Waals surface area contributed by atoms with E-state index in [-0.39, 0.29) is 5.97 Å². The quantitative estimate of drug-likeness (QED) is 0.817. The summed E-state index contributed by atoms with van der Waals surface area (Å²) in [5, 5.41) is 3.55. The molecule has 0 bridgehead atoms. The normalized spacial score (nSPS) is 19.8. The molecule has 6 nitrogen and oxygen atoms in total. The van der Waals surface area contributed by atoms with Crippen molar-refractivity contribution in [1.82, 2.24) is 4.90 Å². The van der Waals surface area contributed by atoms with Crippen molar-refractivity contribution in [3.63, 3.8) is 0 Å². The molecule has 1 aromatic rings. The first kappa shape index (κ1) is 20.0. The maximum Gasteiger partial charge on any atom is 0.340 e. The van der Waals surface area contributed by atoms with Crippen LogP contribution in [0.4, 0.5) is 11.4 Å². The summed E-state index contributed by atoms with van der Waals surface area (Å²) in [6.07, 6.45) is 1.90. The van der Waals surface area contributed by atoms with Crippen LogP contribution in [0.3, 0.4) is 0 Å². The molecule has 0 atom stereocenters. The average molecular weight is 376 g/mol. The van der Waals surface area contributed by atoms with Gasteiger partial charge in [0.25, 0.3) is 0 Å². The molecule has 0 spiro atoms. The number of benzene rings is 1. The van der Waals surface area contributed by atoms with Crippen LogP contribution in [0.15, 0.2) is 18.2 Å². The molecule has 2 heterocycles. The second-order valence-corrected chi connectivity index (χ2v) is 8.55. The Kier molecular flexibility index (Phi) is 6.27. The molecule has 0 amide bonds. The Balaban J connectivity index is 1.83. The van der Waals surface area contributed by atoms with Crippen LogP contribution in [0, 0.1) is 0 Å². The lowest BCUT2D eigenvalue weighted by atomic mass is 10.1. The number of esters is 1. The van der Waals surface area contributed by atoms with E-state index in [0.29, 0.717) is 11.6 Å². The van der Waals surface area contributed by atoms with E-state index in [9.17, 15) is 4.79 Å². The van der Waals surface area contributed by atoms with Crippen LogP contribution >= 0.6 is 0 Å². The number of piperazine rings is 1. The Morgan fingerprint density at radius 2 is 1.81 bits per heavy atom. The number of likely N-dealkylation sites (N-methyl/N-ethyl adjacent to an activating group) is 1. The van der Waals surface area contributed by atoms with Crippen LogP contribution in [-0.4, -0.2) is 69.0 Å². The minimum atomic E-state index is -0.517. The topological polar surface area (TPSA) is 54.0 Å². The van der Waals surface area contributed by atoms with Crippen molar-refractivity contribution in [2.75, 3.05) is 56.7 Å². The number of anilines is 2. The maximum absolute atomic E-state index is 12.9. The molecule has 2 aliphatic heterocycles. The van der Waals surface area contributed by atoms with Gasteiger partial charge in [0.2, 0.25) is 0 Å². The minimum absolute atomic E-state index is 0.270. The molecule has 2 fully saturated rings. The Morgan fingerprint density at radius 3 is 2.44 bits per heavy atom. The third kappa shape index (κ3) is 5.59. The van der Waals surface area contributed by atoms with E-state index in [1.165, 1.54) is 0 Å². The van der Waals surface area contributed by atoms with Gasteiger partial charge in [0, 0.05) is 56.8 Å². The van der Waals surface area contributed by atoms with Crippen LogP contribution in [0.2, 0.25) is 0 Å². The zero-order valence-electron chi connectivity index (χ0n) is 17.1. The lowest BCUT2D eigenvalue weighted by Gasteiger charge is -2.34. The van der Waals surface area contributed by atoms with E-state index >= 15 is 0 Å². The number of carbonyl (C=O) groups is 1. The average Bonchev–Trinajstić information content (AvgIpc) is 2.62. The van der Waals surface area contributed by atoms with Crippen molar-refractivity contribution >= 4 is 17.3 Å². The van der Waals surface area contributed by atoms with Gasteiger partial charge in [-0.05, 0) is 58.9 Å². The highest BCUT2D eigenvalue weighted by atomic mass is 16.6. The zero-order chi connectivity index (χ0) is 19.4. The number of hydrogen-bond acceptors (Lipinski definition) is 6. The van der Waals surface area contributed by atoms with Gasteiger partial charge in [-0.2, -0.15) is 0 Å². The molecule has 3 rings (SSSR count). The molecule has 2 saturated heterocycles. The predicted molar refractivity (Wildman–Crippen MR) is 109 cm³/mol. The van der Waals surface area contributed by atoms with E-state index in [1.807, 2.05) is 32.9 Å². The molecule has 0 radical (unpaired) electrons. The van der Waals surface area contributed by atoms with Gasteiger partial charge in [0.05, 0.1) is 5.56 Å². The first-order valence-electron chi connectivity index (χ1n) is 9.97. The Labute approximate surface area is 162 Å². The number of ether oxygens (including phenoxy) is 2. The molecule has 150 valence electrons. The van der Waals surface area contributed by atoms with Crippen molar-refractivity contribution < 1.29 is 14.3 Å². The number of carbonyl (C=O) groups excluding carboxylic acids is 1. The summed E-state index contributed by atoms with van der Waals surface area (Å²) < 4.78 is 11.1. The van der Waals surface area contributed by atoms with Crippen molar-refractivity contribution in [2.24, 2.45) is 0 Å². The molecule has 27 heavy (non-hydrogen) atoms. The summed E-state index contributed by atoms with van der Waals surface area (Å²) >= 11 is 0. The van der Waals surface area contributed by atoms with Gasteiger partial charge in [0.15, 0.2) is 0 Å². The van der Waals surface area contributed by atoms with E-state index in [4.69, 9.17) is 9.47 Å². The Hall–Kier alpha value is -1.79. The van der Waals surface area contributed by atoms with Gasteiger partial charge in [-0.1, -0.05) is 0 Å². The van der Waals surface area contributed by atoms with Crippen molar-refractivity contribution in [1.29, 1.82) is 0 Å². The molecule has 0 unspecified atom stereocenters. The molecule has 1 N–H and O–H groups in total. The first-order chi connectivity index (χ1) is 12.8. The fourth-order valence-electron chi connectivity index (χ4n) is 3.48. The first-order valence-corrected chi connectivity index (χ1v) is 9.97. The summed E-state index contributed by atoms with van der Waals surface area (Å²) in [5.74, 6) is -0.270. The van der Waals surface area contributed by atoms with Crippen LogP contribution in [0.25, 0.3) is 0 Å². The largest absolute Gasteiger partial charge is 0.456 e. The van der Waals surface area contributed by atoms with Crippen molar-refractivity contribution in [2.45, 2.75) is 45.3 Å². The van der Waals surface area contributed by atoms with Gasteiger partial charge in [-0.25, -0.2) is 4.79 Å². The fourth-order valence-corrected chi connectivity index (χ4v) is 3.48. The van der Waals surface area contributed by atoms with Crippen LogP contribution in [-0.2, 0) is 9.47 Å². The monoisotopic (exact) mass is 375 g/mol. The third-order valence-electron chi connectivity index (χ3n) is 5.07. The third-order valence-corrected chi connectivity index (χ3v) is 5.07. The van der Waals surface area contributed by atoms with Gasteiger partial charge in [-0.15, -0.1) is 0 Å². The van der Waals surface area contributed by atoms with Crippen LogP contribution in [0.1, 0.15) is 44.0 Å². The van der Waals surface area contributed by atoms with E-state index in [0.717, 1.165) is 63.6 Å². The SMILES string of the molecule is CN1CCN(c2ccc(NC3CCOCC3)c(C(=O)OC(C)(C)C)c2)CC1. The Bertz CT molecular complexity index is 643. The molecular weight excluding hydrogens is 342 g/mol. The molecule has 0 aromatic heterocycles. The predicted octanol–water partition coefficient (Wildman–Crippen LogP) is 2.98. The number of hydrogen-bond donors (Lipinski definition) is 1. The minimum Gasteiger partial charge on any atom is -0.456 e. The lowest BCUT2D eigenvalue weighted by molar-refractivity contribution is 0.00706. The van der Waals surface area contributed by atoms with Crippen molar-refractivity contribution in [3.8, 4) is 0 Å². The highest BCUT2D eigenvalue weighted by molar-refractivity contribution is 5.97. The summed E-state index contributed by atoms with van der Waals surface area (Å²) in [6.45, 7) is 11.2. The van der Waals surface area contributed by atoms with E-state index in [1.54, 1.807) is 0 Å². The molecule has 0 aliphatic carbocycles. The molecule has 2 aliphatic rings. The molecule has 1 aromatic carbocycles. The zero-order valence-corrected chi connectivity index (χ0v) is 17.1. The van der Waals surface area contributed by atoms with Crippen LogP contribution in [0.5, 0.6) is 0 Å². The summed E-state index contributed by atoms with van der Waals surface area (Å²) in [5.41, 5.74) is 2.04. The van der Waals surface area contributed by atoms with Gasteiger partial charge in [0.1, 0.15) is 5.60 Å². The standard InChI is InChI=1S/C21H33N3O3/c1-21(2,3)27-20(25)18-15-17(24-11-9-23(4)10-12-24)5-6-19(18)22-16-7-13-26-14-8-16/h5-6,15-16,22H,7-14H2,1-4H3. The van der Waals surface area contributed by atoms with Crippen LogP contribution < -0.4 is 10.2 Å². The number of nitrogens with one attached hydrogen (secondary N) is 1. The highest BCUT2D eigenvalue weighted by Crippen LogP contribution is 2.28. The van der Waals surface area contributed by atoms with Crippen molar-refractivity contribution in [3.05, 3.63) is 23.8 Å². The second kappa shape index (κ2) is 8.48. The lowest BCUT2D eigenvalue weighted by Crippen LogP contribution is -2.44. The number of nitrogens with zero attached hydrogens (tertiary/aromatic N) is 2. The molecular formula is C21H33N3O3. The number of rotatable bonds is 4. The summed E-state index contributed by atoms with van der Waals surface area (Å²) in [4.78, 5) is 17.6.